The standard InChI is InChI=1S/C24H34N4O5/c1-5-8-13-27(21-22(25)28(14-9-6-2)24(31)26-23(21)30)20(29)16-33-18-12-11-17(10-7-3)15-19(18)32-4/h7,10-12,15H,5-6,8-9,13-14,16,25H2,1-4H3,(H,26,30,31)/b10-7+. The molecule has 9 nitrogen and oxygen atoms in total. The predicted molar refractivity (Wildman–Crippen MR) is 131 cm³/mol. The summed E-state index contributed by atoms with van der Waals surface area (Å²) in [6.45, 7) is 6.19. The van der Waals surface area contributed by atoms with E-state index in [0.717, 1.165) is 18.4 Å². The number of hydrogen-bond acceptors (Lipinski definition) is 6. The molecule has 33 heavy (non-hydrogen) atoms. The highest BCUT2D eigenvalue weighted by Gasteiger charge is 2.24. The van der Waals surface area contributed by atoms with Crippen LogP contribution in [-0.4, -0.2) is 35.7 Å². The van der Waals surface area contributed by atoms with Gasteiger partial charge in [-0.05, 0) is 37.5 Å². The van der Waals surface area contributed by atoms with Crippen LogP contribution in [0.3, 0.4) is 0 Å². The number of nitrogens with zero attached hydrogens (tertiary/aromatic N) is 2. The van der Waals surface area contributed by atoms with Crippen LogP contribution < -0.4 is 31.4 Å². The molecule has 180 valence electrons. The number of unbranched alkanes of at least 4 members (excludes halogenated alkanes) is 2. The van der Waals surface area contributed by atoms with Gasteiger partial charge in [0.2, 0.25) is 0 Å². The van der Waals surface area contributed by atoms with Gasteiger partial charge in [-0.3, -0.25) is 19.1 Å². The van der Waals surface area contributed by atoms with Crippen molar-refractivity contribution in [2.24, 2.45) is 0 Å². The Kier molecular flexibility index (Phi) is 9.78. The number of amides is 1. The molecular weight excluding hydrogens is 424 g/mol. The monoisotopic (exact) mass is 458 g/mol. The first-order valence-corrected chi connectivity index (χ1v) is 11.2. The Hall–Kier alpha value is -3.49. The molecule has 1 amide bonds. The highest BCUT2D eigenvalue weighted by molar-refractivity contribution is 5.96. The number of hydrogen-bond donors (Lipinski definition) is 2. The molecule has 1 aromatic carbocycles. The van der Waals surface area contributed by atoms with Gasteiger partial charge in [-0.15, -0.1) is 0 Å². The van der Waals surface area contributed by atoms with E-state index in [4.69, 9.17) is 15.2 Å². The second kappa shape index (κ2) is 12.5. The summed E-state index contributed by atoms with van der Waals surface area (Å²) in [5.74, 6) is 0.434. The molecule has 2 rings (SSSR count). The number of methoxy groups -OCH3 is 1. The number of ether oxygens (including phenoxy) is 2. The molecular formula is C24H34N4O5. The number of aromatic amines is 1. The van der Waals surface area contributed by atoms with Crippen LogP contribution in [0.5, 0.6) is 11.5 Å². The van der Waals surface area contributed by atoms with Crippen LogP contribution in [0.25, 0.3) is 6.08 Å². The van der Waals surface area contributed by atoms with Gasteiger partial charge in [-0.2, -0.15) is 0 Å². The summed E-state index contributed by atoms with van der Waals surface area (Å²) in [6.07, 6.45) is 6.85. The van der Waals surface area contributed by atoms with Crippen molar-refractivity contribution in [3.05, 3.63) is 50.7 Å². The second-order valence-corrected chi connectivity index (χ2v) is 7.60. The minimum absolute atomic E-state index is 0.0186. The number of anilines is 2. The fourth-order valence-electron chi connectivity index (χ4n) is 3.37. The SMILES string of the molecule is C/C=C/c1ccc(OCC(=O)N(CCCC)c2c(N)n(CCCC)c(=O)[nH]c2=O)c(OC)c1. The number of nitrogen functional groups attached to an aromatic ring is 1. The van der Waals surface area contributed by atoms with E-state index < -0.39 is 17.2 Å². The van der Waals surface area contributed by atoms with Gasteiger partial charge in [-0.25, -0.2) is 4.79 Å². The number of benzene rings is 1. The Bertz CT molecular complexity index is 1090. The van der Waals surface area contributed by atoms with E-state index in [2.05, 4.69) is 4.98 Å². The summed E-state index contributed by atoms with van der Waals surface area (Å²) in [6, 6.07) is 5.38. The fraction of sp³-hybridized carbons (Fsp3) is 0.458. The van der Waals surface area contributed by atoms with Gasteiger partial charge >= 0.3 is 5.69 Å². The Morgan fingerprint density at radius 1 is 1.18 bits per heavy atom. The summed E-state index contributed by atoms with van der Waals surface area (Å²) in [4.78, 5) is 41.7. The predicted octanol–water partition coefficient (Wildman–Crippen LogP) is 3.17. The average Bonchev–Trinajstić information content (AvgIpc) is 2.79. The van der Waals surface area contributed by atoms with Crippen molar-refractivity contribution >= 4 is 23.5 Å². The van der Waals surface area contributed by atoms with E-state index in [1.165, 1.54) is 16.6 Å². The molecule has 0 saturated carbocycles. The number of nitrogens with two attached hydrogens (primary N) is 1. The molecule has 0 fully saturated rings. The van der Waals surface area contributed by atoms with Gasteiger partial charge in [0.25, 0.3) is 11.5 Å². The Morgan fingerprint density at radius 3 is 2.55 bits per heavy atom. The zero-order chi connectivity index (χ0) is 24.4. The van der Waals surface area contributed by atoms with Crippen molar-refractivity contribution in [3.8, 4) is 11.5 Å². The van der Waals surface area contributed by atoms with Gasteiger partial charge in [0.1, 0.15) is 5.82 Å². The smallest absolute Gasteiger partial charge is 0.330 e. The highest BCUT2D eigenvalue weighted by Crippen LogP contribution is 2.29. The summed E-state index contributed by atoms with van der Waals surface area (Å²) in [5, 5.41) is 0. The average molecular weight is 459 g/mol. The third kappa shape index (κ3) is 6.50. The van der Waals surface area contributed by atoms with E-state index in [9.17, 15) is 14.4 Å². The van der Waals surface area contributed by atoms with Gasteiger partial charge in [0.05, 0.1) is 7.11 Å². The number of carbonyl (C=O) groups excluding carboxylic acids is 1. The molecule has 0 bridgehead atoms. The van der Waals surface area contributed by atoms with Crippen molar-refractivity contribution < 1.29 is 14.3 Å². The van der Waals surface area contributed by atoms with Gasteiger partial charge in [-0.1, -0.05) is 44.9 Å². The van der Waals surface area contributed by atoms with E-state index >= 15 is 0 Å². The lowest BCUT2D eigenvalue weighted by Crippen LogP contribution is -2.43. The Morgan fingerprint density at radius 2 is 1.91 bits per heavy atom. The molecule has 0 atom stereocenters. The molecule has 0 unspecified atom stereocenters. The zero-order valence-corrected chi connectivity index (χ0v) is 19.8. The molecule has 2 aromatic rings. The van der Waals surface area contributed by atoms with E-state index in [1.54, 1.807) is 12.1 Å². The molecule has 1 aromatic heterocycles. The van der Waals surface area contributed by atoms with Crippen molar-refractivity contribution in [2.45, 2.75) is 53.0 Å². The molecule has 0 aliphatic rings. The molecule has 0 radical (unpaired) electrons. The molecule has 0 saturated heterocycles. The van der Waals surface area contributed by atoms with E-state index in [1.807, 2.05) is 39.0 Å². The summed E-state index contributed by atoms with van der Waals surface area (Å²) in [7, 11) is 1.52. The number of carbonyl (C=O) groups is 1. The van der Waals surface area contributed by atoms with Gasteiger partial charge < -0.3 is 20.1 Å². The molecule has 1 heterocycles. The maximum atomic E-state index is 13.2. The van der Waals surface area contributed by atoms with Crippen molar-refractivity contribution in [1.82, 2.24) is 9.55 Å². The van der Waals surface area contributed by atoms with Gasteiger partial charge in [0.15, 0.2) is 23.8 Å². The third-order valence-electron chi connectivity index (χ3n) is 5.15. The zero-order valence-electron chi connectivity index (χ0n) is 19.8. The van der Waals surface area contributed by atoms with Crippen LogP contribution in [0.4, 0.5) is 11.5 Å². The minimum atomic E-state index is -0.692. The first-order valence-electron chi connectivity index (χ1n) is 11.2. The largest absolute Gasteiger partial charge is 0.493 e. The Labute approximate surface area is 193 Å². The number of aromatic nitrogens is 2. The van der Waals surface area contributed by atoms with E-state index in [0.29, 0.717) is 30.9 Å². The summed E-state index contributed by atoms with van der Waals surface area (Å²) < 4.78 is 12.4. The summed E-state index contributed by atoms with van der Waals surface area (Å²) >= 11 is 0. The highest BCUT2D eigenvalue weighted by atomic mass is 16.5. The number of allylic oxidation sites excluding steroid dienone is 1. The van der Waals surface area contributed by atoms with Crippen molar-refractivity contribution in [3.63, 3.8) is 0 Å². The first-order chi connectivity index (χ1) is 15.9. The molecule has 0 aliphatic carbocycles. The second-order valence-electron chi connectivity index (χ2n) is 7.60. The minimum Gasteiger partial charge on any atom is -0.493 e. The molecule has 3 N–H and O–H groups in total. The lowest BCUT2D eigenvalue weighted by atomic mass is 10.2. The van der Waals surface area contributed by atoms with Crippen LogP contribution in [-0.2, 0) is 11.3 Å². The maximum absolute atomic E-state index is 13.2. The van der Waals surface area contributed by atoms with Crippen LogP contribution in [0.2, 0.25) is 0 Å². The van der Waals surface area contributed by atoms with Gasteiger partial charge in [0, 0.05) is 13.1 Å². The lowest BCUT2D eigenvalue weighted by Gasteiger charge is -2.24. The first kappa shape index (κ1) is 25.8. The number of rotatable bonds is 12. The normalized spacial score (nSPS) is 11.0. The van der Waals surface area contributed by atoms with Crippen LogP contribution >= 0.6 is 0 Å². The van der Waals surface area contributed by atoms with Crippen LogP contribution in [0.1, 0.15) is 52.0 Å². The maximum Gasteiger partial charge on any atom is 0.330 e. The van der Waals surface area contributed by atoms with Crippen LogP contribution in [0, 0.1) is 0 Å². The van der Waals surface area contributed by atoms with Crippen molar-refractivity contribution in [2.75, 3.05) is 30.9 Å². The quantitative estimate of drug-likeness (QED) is 0.504. The van der Waals surface area contributed by atoms with Crippen molar-refractivity contribution in [1.29, 1.82) is 0 Å². The molecule has 0 aliphatic heterocycles. The number of H-pyrrole nitrogens is 1. The fourth-order valence-corrected chi connectivity index (χ4v) is 3.37. The third-order valence-corrected chi connectivity index (χ3v) is 5.15. The summed E-state index contributed by atoms with van der Waals surface area (Å²) in [5.41, 5.74) is 5.85. The lowest BCUT2D eigenvalue weighted by molar-refractivity contribution is -0.120. The number of nitrogens with one attached hydrogen (secondary N) is 1. The Balaban J connectivity index is 2.35. The topological polar surface area (TPSA) is 120 Å². The van der Waals surface area contributed by atoms with E-state index in [-0.39, 0.29) is 24.7 Å². The molecule has 9 heteroatoms. The molecule has 0 spiro atoms. The van der Waals surface area contributed by atoms with Crippen LogP contribution in [0.15, 0.2) is 33.9 Å².